The molecule has 2 unspecified atom stereocenters. The third-order valence-corrected chi connectivity index (χ3v) is 6.49. The van der Waals surface area contributed by atoms with Gasteiger partial charge in [0.1, 0.15) is 11.5 Å². The van der Waals surface area contributed by atoms with Gasteiger partial charge in [0.15, 0.2) is 5.17 Å². The lowest BCUT2D eigenvalue weighted by atomic mass is 9.92. The number of thioether (sulfide) groups is 1. The van der Waals surface area contributed by atoms with Crippen molar-refractivity contribution < 1.29 is 14.0 Å². The van der Waals surface area contributed by atoms with E-state index in [-0.39, 0.29) is 29.1 Å². The van der Waals surface area contributed by atoms with Crippen molar-refractivity contribution in [3.05, 3.63) is 71.7 Å². The third-order valence-electron chi connectivity index (χ3n) is 5.56. The van der Waals surface area contributed by atoms with Crippen molar-refractivity contribution in [2.75, 3.05) is 23.7 Å². The quantitative estimate of drug-likeness (QED) is 0.627. The summed E-state index contributed by atoms with van der Waals surface area (Å²) < 4.78 is 13.5. The summed E-state index contributed by atoms with van der Waals surface area (Å²) >= 11 is 1.24. The number of benzene rings is 2. The summed E-state index contributed by atoms with van der Waals surface area (Å²) in [5.74, 6) is 0.527. The zero-order valence-corrected chi connectivity index (χ0v) is 19.0. The molecule has 2 aromatic rings. The molecule has 0 radical (unpaired) electrons. The van der Waals surface area contributed by atoms with Crippen molar-refractivity contribution in [1.82, 2.24) is 4.90 Å². The fourth-order valence-electron chi connectivity index (χ4n) is 4.20. The topological polar surface area (TPSA) is 53.0 Å². The molecule has 0 bridgehead atoms. The molecule has 0 spiro atoms. The summed E-state index contributed by atoms with van der Waals surface area (Å²) in [6.45, 7) is 5.85. The zero-order chi connectivity index (χ0) is 22.7. The van der Waals surface area contributed by atoms with Crippen LogP contribution in [0.5, 0.6) is 0 Å². The highest BCUT2D eigenvalue weighted by Gasteiger charge is 2.33. The second-order valence-electron chi connectivity index (χ2n) is 8.49. The Balaban J connectivity index is 1.56. The van der Waals surface area contributed by atoms with E-state index in [1.54, 1.807) is 18.2 Å². The Bertz CT molecular complexity index is 1040. The maximum Gasteiger partial charge on any atom is 0.283 e. The largest absolute Gasteiger partial charge is 0.341 e. The highest BCUT2D eigenvalue weighted by molar-refractivity contribution is 8.14. The molecule has 2 aromatic carbocycles. The van der Waals surface area contributed by atoms with Crippen LogP contribution in [0.15, 0.2) is 65.3 Å². The number of carbonyl (C=O) groups is 2. The summed E-state index contributed by atoms with van der Waals surface area (Å²) in [6, 6.07) is 15.2. The smallest absolute Gasteiger partial charge is 0.283 e. The lowest BCUT2D eigenvalue weighted by Crippen LogP contribution is -2.43. The molecule has 2 aliphatic rings. The van der Waals surface area contributed by atoms with Gasteiger partial charge in [0.25, 0.3) is 5.91 Å². The number of amides is 2. The average molecular weight is 452 g/mol. The molecule has 0 aliphatic carbocycles. The molecule has 166 valence electrons. The molecule has 2 heterocycles. The normalized spacial score (nSPS) is 22.4. The predicted octanol–water partition coefficient (Wildman–Crippen LogP) is 4.81. The van der Waals surface area contributed by atoms with Gasteiger partial charge in [0.2, 0.25) is 5.91 Å². The second-order valence-corrected chi connectivity index (χ2v) is 9.43. The minimum Gasteiger partial charge on any atom is -0.341 e. The number of hydrogen-bond acceptors (Lipinski definition) is 4. The van der Waals surface area contributed by atoms with E-state index in [9.17, 15) is 14.0 Å². The van der Waals surface area contributed by atoms with Crippen molar-refractivity contribution >= 4 is 40.5 Å². The van der Waals surface area contributed by atoms with Gasteiger partial charge in [-0.3, -0.25) is 14.5 Å². The van der Waals surface area contributed by atoms with Crippen LogP contribution in [0.2, 0.25) is 0 Å². The summed E-state index contributed by atoms with van der Waals surface area (Å²) in [6.07, 6.45) is 2.85. The minimum atomic E-state index is -0.380. The van der Waals surface area contributed by atoms with Gasteiger partial charge < -0.3 is 4.90 Å². The Kier molecular flexibility index (Phi) is 6.74. The average Bonchev–Trinajstić information content (AvgIpc) is 3.07. The van der Waals surface area contributed by atoms with Gasteiger partial charge in [-0.1, -0.05) is 55.9 Å². The zero-order valence-electron chi connectivity index (χ0n) is 18.2. The van der Waals surface area contributed by atoms with Gasteiger partial charge in [0, 0.05) is 13.1 Å². The number of piperidine rings is 1. The molecular formula is C25H26FN3O2S. The number of halogens is 1. The minimum absolute atomic E-state index is 0.0445. The number of carbonyl (C=O) groups excluding carboxylic acids is 2. The van der Waals surface area contributed by atoms with Gasteiger partial charge in [-0.15, -0.1) is 0 Å². The van der Waals surface area contributed by atoms with Crippen molar-refractivity contribution in [2.45, 2.75) is 20.3 Å². The van der Waals surface area contributed by atoms with E-state index in [1.807, 2.05) is 35.2 Å². The van der Waals surface area contributed by atoms with E-state index in [1.165, 1.54) is 28.8 Å². The first-order valence-corrected chi connectivity index (χ1v) is 11.8. The van der Waals surface area contributed by atoms with Crippen LogP contribution in [-0.2, 0) is 9.59 Å². The summed E-state index contributed by atoms with van der Waals surface area (Å²) in [7, 11) is 0. The van der Waals surface area contributed by atoms with E-state index in [2.05, 4.69) is 18.8 Å². The lowest BCUT2D eigenvalue weighted by Gasteiger charge is -2.35. The van der Waals surface area contributed by atoms with Crippen LogP contribution in [0.4, 0.5) is 10.1 Å². The van der Waals surface area contributed by atoms with Gasteiger partial charge >= 0.3 is 0 Å². The van der Waals surface area contributed by atoms with Crippen molar-refractivity contribution in [1.29, 1.82) is 0 Å². The number of hydrogen-bond donors (Lipinski definition) is 0. The number of aliphatic imine (C=N–C) groups is 1. The number of anilines is 1. The van der Waals surface area contributed by atoms with Crippen LogP contribution in [0.1, 0.15) is 25.8 Å². The first-order valence-electron chi connectivity index (χ1n) is 10.8. The molecule has 7 heteroatoms. The fraction of sp³-hybridized carbons (Fsp3) is 0.320. The highest BCUT2D eigenvalue weighted by atomic mass is 32.2. The van der Waals surface area contributed by atoms with Crippen LogP contribution < -0.4 is 4.90 Å². The van der Waals surface area contributed by atoms with Gasteiger partial charge in [0.05, 0.1) is 11.4 Å². The van der Waals surface area contributed by atoms with Gasteiger partial charge in [-0.25, -0.2) is 9.38 Å². The maximum absolute atomic E-state index is 13.5. The molecule has 5 nitrogen and oxygen atoms in total. The standard InChI is InChI=1S/C25H26FN3O2S/c1-17-12-18(2)15-28(14-17)23(30)16-32-25-27-22(13-19-6-4-3-5-7-19)24(31)29(25)21-10-8-20(26)9-11-21/h3-11,13,17-18H,12,14-16H2,1-2H3/b22-13+. The molecule has 4 rings (SSSR count). The highest BCUT2D eigenvalue weighted by Crippen LogP contribution is 2.30. The molecule has 0 saturated carbocycles. The molecule has 32 heavy (non-hydrogen) atoms. The molecule has 0 aromatic heterocycles. The van der Waals surface area contributed by atoms with E-state index in [4.69, 9.17) is 0 Å². The van der Waals surface area contributed by atoms with Crippen LogP contribution in [-0.4, -0.2) is 40.7 Å². The van der Waals surface area contributed by atoms with Gasteiger partial charge in [-0.2, -0.15) is 0 Å². The summed E-state index contributed by atoms with van der Waals surface area (Å²) in [4.78, 5) is 34.0. The SMILES string of the molecule is CC1CC(C)CN(C(=O)CSC2=N/C(=C/c3ccccc3)C(=O)N2c2ccc(F)cc2)C1. The first kappa shape index (κ1) is 22.3. The molecule has 2 atom stereocenters. The van der Waals surface area contributed by atoms with E-state index in [0.29, 0.717) is 22.7 Å². The molecule has 2 amide bonds. The number of nitrogens with zero attached hydrogens (tertiary/aromatic N) is 3. The second kappa shape index (κ2) is 9.69. The Morgan fingerprint density at radius 3 is 2.41 bits per heavy atom. The van der Waals surface area contributed by atoms with Crippen LogP contribution in [0.3, 0.4) is 0 Å². The lowest BCUT2D eigenvalue weighted by molar-refractivity contribution is -0.131. The molecule has 1 fully saturated rings. The predicted molar refractivity (Wildman–Crippen MR) is 128 cm³/mol. The molecule has 1 saturated heterocycles. The first-order chi connectivity index (χ1) is 15.4. The molecular weight excluding hydrogens is 425 g/mol. The van der Waals surface area contributed by atoms with Crippen LogP contribution >= 0.6 is 11.8 Å². The Morgan fingerprint density at radius 2 is 1.75 bits per heavy atom. The number of likely N-dealkylation sites (tertiary alicyclic amines) is 1. The molecule has 2 aliphatic heterocycles. The van der Waals surface area contributed by atoms with E-state index in [0.717, 1.165) is 25.1 Å². The van der Waals surface area contributed by atoms with Crippen molar-refractivity contribution in [3.8, 4) is 0 Å². The van der Waals surface area contributed by atoms with E-state index >= 15 is 0 Å². The van der Waals surface area contributed by atoms with E-state index < -0.39 is 0 Å². The third kappa shape index (κ3) is 5.10. The Labute approximate surface area is 192 Å². The number of rotatable bonds is 4. The Morgan fingerprint density at radius 1 is 1.09 bits per heavy atom. The van der Waals surface area contributed by atoms with Crippen LogP contribution in [0, 0.1) is 17.7 Å². The van der Waals surface area contributed by atoms with Crippen molar-refractivity contribution in [3.63, 3.8) is 0 Å². The van der Waals surface area contributed by atoms with Crippen molar-refractivity contribution in [2.24, 2.45) is 16.8 Å². The molecule has 0 N–H and O–H groups in total. The number of amidine groups is 1. The monoisotopic (exact) mass is 451 g/mol. The summed E-state index contributed by atoms with van der Waals surface area (Å²) in [5, 5.41) is 0.426. The summed E-state index contributed by atoms with van der Waals surface area (Å²) in [5.41, 5.74) is 1.67. The van der Waals surface area contributed by atoms with Gasteiger partial charge in [-0.05, 0) is 54.2 Å². The Hall–Kier alpha value is -2.93. The van der Waals surface area contributed by atoms with Crippen LogP contribution in [0.25, 0.3) is 6.08 Å². The fourth-order valence-corrected chi connectivity index (χ4v) is 5.12. The maximum atomic E-state index is 13.5.